The van der Waals surface area contributed by atoms with E-state index in [4.69, 9.17) is 4.74 Å². The van der Waals surface area contributed by atoms with Crippen molar-refractivity contribution in [1.29, 1.82) is 0 Å². The van der Waals surface area contributed by atoms with Crippen LogP contribution in [0.15, 0.2) is 24.3 Å². The summed E-state index contributed by atoms with van der Waals surface area (Å²) in [5.41, 5.74) is 1.89. The van der Waals surface area contributed by atoms with Crippen molar-refractivity contribution < 1.29 is 9.53 Å². The van der Waals surface area contributed by atoms with Gasteiger partial charge in [-0.1, -0.05) is 19.1 Å². The van der Waals surface area contributed by atoms with Crippen LogP contribution in [0.25, 0.3) is 11.0 Å². The van der Waals surface area contributed by atoms with Crippen molar-refractivity contribution in [3.8, 4) is 0 Å². The van der Waals surface area contributed by atoms with Gasteiger partial charge in [-0.25, -0.2) is 4.98 Å². The van der Waals surface area contributed by atoms with Crippen LogP contribution in [0.2, 0.25) is 0 Å². The van der Waals surface area contributed by atoms with Crippen molar-refractivity contribution in [1.82, 2.24) is 20.2 Å². The summed E-state index contributed by atoms with van der Waals surface area (Å²) in [6, 6.07) is 7.47. The molecular weight excluding hydrogens is 280 g/mol. The van der Waals surface area contributed by atoms with Crippen LogP contribution in [0.4, 0.5) is 0 Å². The van der Waals surface area contributed by atoms with E-state index in [1.165, 1.54) is 0 Å². The molecule has 0 saturated carbocycles. The zero-order valence-corrected chi connectivity index (χ0v) is 13.0. The smallest absolute Gasteiger partial charge is 0.240 e. The van der Waals surface area contributed by atoms with Gasteiger partial charge in [0.2, 0.25) is 5.91 Å². The third kappa shape index (κ3) is 2.98. The number of morpholine rings is 1. The second-order valence-electron chi connectivity index (χ2n) is 5.59. The summed E-state index contributed by atoms with van der Waals surface area (Å²) in [5, 5.41) is 3.04. The van der Waals surface area contributed by atoms with E-state index in [0.29, 0.717) is 13.2 Å². The minimum Gasteiger partial charge on any atom is -0.378 e. The fraction of sp³-hybridized carbons (Fsp3) is 0.500. The molecule has 2 aromatic rings. The van der Waals surface area contributed by atoms with Crippen molar-refractivity contribution in [2.24, 2.45) is 0 Å². The highest BCUT2D eigenvalue weighted by atomic mass is 16.5. The van der Waals surface area contributed by atoms with Gasteiger partial charge in [-0.15, -0.1) is 0 Å². The lowest BCUT2D eigenvalue weighted by Gasteiger charge is -2.34. The summed E-state index contributed by atoms with van der Waals surface area (Å²) in [6.07, 6.45) is 0. The molecule has 1 aliphatic heterocycles. The minimum absolute atomic E-state index is 0.00509. The summed E-state index contributed by atoms with van der Waals surface area (Å²) >= 11 is 0. The van der Waals surface area contributed by atoms with E-state index in [2.05, 4.69) is 27.1 Å². The van der Waals surface area contributed by atoms with E-state index in [9.17, 15) is 4.79 Å². The number of imidazole rings is 1. The summed E-state index contributed by atoms with van der Waals surface area (Å²) in [7, 11) is 0. The molecule has 3 rings (SSSR count). The summed E-state index contributed by atoms with van der Waals surface area (Å²) in [6.45, 7) is 6.79. The number of amides is 1. The van der Waals surface area contributed by atoms with Crippen LogP contribution in [0.3, 0.4) is 0 Å². The van der Waals surface area contributed by atoms with E-state index in [0.717, 1.165) is 29.9 Å². The number of nitrogens with zero attached hydrogens (tertiary/aromatic N) is 2. The second-order valence-corrected chi connectivity index (χ2v) is 5.59. The molecule has 1 aliphatic rings. The number of hydrogen-bond acceptors (Lipinski definition) is 4. The van der Waals surface area contributed by atoms with Crippen LogP contribution in [0.5, 0.6) is 0 Å². The Morgan fingerprint density at radius 1 is 1.55 bits per heavy atom. The van der Waals surface area contributed by atoms with Gasteiger partial charge >= 0.3 is 0 Å². The van der Waals surface area contributed by atoms with E-state index in [-0.39, 0.29) is 18.0 Å². The number of hydrogen-bond donors (Lipinski definition) is 2. The third-order valence-electron chi connectivity index (χ3n) is 4.12. The molecule has 6 heteroatoms. The van der Waals surface area contributed by atoms with Crippen molar-refractivity contribution in [2.75, 3.05) is 26.3 Å². The van der Waals surface area contributed by atoms with Gasteiger partial charge in [0, 0.05) is 6.54 Å². The number of nitrogens with one attached hydrogen (secondary N) is 2. The number of H-pyrrole nitrogens is 1. The monoisotopic (exact) mass is 302 g/mol. The predicted octanol–water partition coefficient (Wildman–Crippen LogP) is 1.46. The van der Waals surface area contributed by atoms with Gasteiger partial charge < -0.3 is 15.0 Å². The Balaban J connectivity index is 1.70. The summed E-state index contributed by atoms with van der Waals surface area (Å²) in [5.74, 6) is 0.767. The molecular formula is C16H22N4O2. The van der Waals surface area contributed by atoms with Crippen molar-refractivity contribution in [3.05, 3.63) is 30.1 Å². The average Bonchev–Trinajstić information content (AvgIpc) is 2.99. The maximum absolute atomic E-state index is 12.5. The van der Waals surface area contributed by atoms with Crippen LogP contribution >= 0.6 is 0 Å². The quantitative estimate of drug-likeness (QED) is 0.897. The molecule has 2 heterocycles. The Hall–Kier alpha value is -1.92. The maximum Gasteiger partial charge on any atom is 0.240 e. The van der Waals surface area contributed by atoms with E-state index >= 15 is 0 Å². The predicted molar refractivity (Wildman–Crippen MR) is 84.5 cm³/mol. The van der Waals surface area contributed by atoms with Crippen LogP contribution in [0, 0.1) is 0 Å². The van der Waals surface area contributed by atoms with Crippen LogP contribution in [-0.4, -0.2) is 53.1 Å². The van der Waals surface area contributed by atoms with E-state index < -0.39 is 0 Å². The largest absolute Gasteiger partial charge is 0.378 e. The average molecular weight is 302 g/mol. The number of fused-ring (bicyclic) bond motifs is 1. The first-order valence-electron chi connectivity index (χ1n) is 7.76. The standard InChI is InChI=1S/C16H22N4O2/c1-3-20-8-9-22-10-14(20)16(21)17-11(2)15-18-12-6-4-5-7-13(12)19-15/h4-7,11,14H,3,8-10H2,1-2H3,(H,17,21)(H,18,19)/t11-,14?/m0/s1. The SMILES string of the molecule is CCN1CCOCC1C(=O)N[C@@H](C)c1nc2ccccc2[nH]1. The number of para-hydroxylation sites is 2. The molecule has 2 N–H and O–H groups in total. The lowest BCUT2D eigenvalue weighted by molar-refractivity contribution is -0.133. The number of ether oxygens (including phenoxy) is 1. The second kappa shape index (κ2) is 6.46. The number of benzene rings is 1. The fourth-order valence-corrected chi connectivity index (χ4v) is 2.81. The summed E-state index contributed by atoms with van der Waals surface area (Å²) < 4.78 is 5.44. The molecule has 2 atom stereocenters. The zero-order chi connectivity index (χ0) is 15.5. The van der Waals surface area contributed by atoms with Crippen LogP contribution in [0.1, 0.15) is 25.7 Å². The van der Waals surface area contributed by atoms with E-state index in [1.807, 2.05) is 31.2 Å². The van der Waals surface area contributed by atoms with Gasteiger partial charge in [-0.05, 0) is 25.6 Å². The lowest BCUT2D eigenvalue weighted by atomic mass is 10.2. The van der Waals surface area contributed by atoms with Gasteiger partial charge in [0.15, 0.2) is 0 Å². The number of aromatic amines is 1. The van der Waals surface area contributed by atoms with Crippen LogP contribution in [-0.2, 0) is 9.53 Å². The summed E-state index contributed by atoms with van der Waals surface area (Å²) in [4.78, 5) is 22.4. The zero-order valence-electron chi connectivity index (χ0n) is 13.0. The van der Waals surface area contributed by atoms with Crippen molar-refractivity contribution in [2.45, 2.75) is 25.9 Å². The Kier molecular flexibility index (Phi) is 4.40. The number of aromatic nitrogens is 2. The third-order valence-corrected chi connectivity index (χ3v) is 4.12. The number of rotatable bonds is 4. The highest BCUT2D eigenvalue weighted by molar-refractivity contribution is 5.82. The molecule has 1 fully saturated rings. The van der Waals surface area contributed by atoms with Crippen molar-refractivity contribution >= 4 is 16.9 Å². The van der Waals surface area contributed by atoms with E-state index in [1.54, 1.807) is 0 Å². The van der Waals surface area contributed by atoms with Gasteiger partial charge in [0.05, 0.1) is 30.3 Å². The Morgan fingerprint density at radius 3 is 3.14 bits per heavy atom. The van der Waals surface area contributed by atoms with Gasteiger partial charge in [0.25, 0.3) is 0 Å². The molecule has 1 unspecified atom stereocenters. The number of carbonyl (C=O) groups is 1. The molecule has 118 valence electrons. The Labute approximate surface area is 129 Å². The molecule has 1 amide bonds. The first-order valence-corrected chi connectivity index (χ1v) is 7.76. The molecule has 0 radical (unpaired) electrons. The van der Waals surface area contributed by atoms with Crippen molar-refractivity contribution in [3.63, 3.8) is 0 Å². The molecule has 1 aromatic carbocycles. The molecule has 22 heavy (non-hydrogen) atoms. The highest BCUT2D eigenvalue weighted by Gasteiger charge is 2.29. The lowest BCUT2D eigenvalue weighted by Crippen LogP contribution is -2.53. The highest BCUT2D eigenvalue weighted by Crippen LogP contribution is 2.16. The Bertz CT molecular complexity index is 621. The molecule has 1 saturated heterocycles. The Morgan fingerprint density at radius 2 is 2.36 bits per heavy atom. The van der Waals surface area contributed by atoms with Gasteiger partial charge in [-0.2, -0.15) is 0 Å². The number of carbonyl (C=O) groups excluding carboxylic acids is 1. The molecule has 6 nitrogen and oxygen atoms in total. The normalized spacial score (nSPS) is 20.9. The first-order chi connectivity index (χ1) is 10.7. The van der Waals surface area contributed by atoms with Gasteiger partial charge in [0.1, 0.15) is 11.9 Å². The molecule has 0 aliphatic carbocycles. The topological polar surface area (TPSA) is 70.2 Å². The molecule has 0 spiro atoms. The maximum atomic E-state index is 12.5. The fourth-order valence-electron chi connectivity index (χ4n) is 2.81. The van der Waals surface area contributed by atoms with Gasteiger partial charge in [-0.3, -0.25) is 9.69 Å². The molecule has 1 aromatic heterocycles. The first kappa shape index (κ1) is 15.0. The van der Waals surface area contributed by atoms with Crippen LogP contribution < -0.4 is 5.32 Å². The number of likely N-dealkylation sites (N-methyl/N-ethyl adjacent to an activating group) is 1. The minimum atomic E-state index is -0.217. The molecule has 0 bridgehead atoms.